The summed E-state index contributed by atoms with van der Waals surface area (Å²) in [5.41, 5.74) is 0. The van der Waals surface area contributed by atoms with Gasteiger partial charge < -0.3 is 4.90 Å². The summed E-state index contributed by atoms with van der Waals surface area (Å²) in [7, 11) is -3.19. The van der Waals surface area contributed by atoms with E-state index in [9.17, 15) is 13.2 Å². The average Bonchev–Trinajstić information content (AvgIpc) is 2.28. The monoisotopic (exact) mass is 323 g/mol. The molecule has 1 amide bonds. The average molecular weight is 324 g/mol. The van der Waals surface area contributed by atoms with Gasteiger partial charge >= 0.3 is 0 Å². The first kappa shape index (κ1) is 13.3. The van der Waals surface area contributed by atoms with Crippen LogP contribution in [0.4, 0.5) is 0 Å². The van der Waals surface area contributed by atoms with Gasteiger partial charge in [0.15, 0.2) is 9.84 Å². The molecule has 2 heterocycles. The number of nitrogens with zero attached hydrogens (tertiary/aromatic N) is 1. The first-order valence-corrected chi connectivity index (χ1v) is 8.78. The van der Waals surface area contributed by atoms with Crippen LogP contribution in [-0.4, -0.2) is 48.1 Å². The predicted octanol–water partition coefficient (Wildman–Crippen LogP) is 1.34. The van der Waals surface area contributed by atoms with Crippen molar-refractivity contribution in [1.29, 1.82) is 0 Å². The number of piperidine rings is 1. The summed E-state index contributed by atoms with van der Waals surface area (Å²) in [6, 6.07) is 0. The molecule has 0 aromatic heterocycles. The fraction of sp³-hybridized carbons (Fsp3) is 0.909. The minimum atomic E-state index is -3.19. The van der Waals surface area contributed by atoms with Crippen LogP contribution in [0, 0.1) is 0 Å². The van der Waals surface area contributed by atoms with E-state index in [1.165, 1.54) is 0 Å². The number of hydrogen-bond donors (Lipinski definition) is 0. The molecule has 0 saturated carbocycles. The normalized spacial score (nSPS) is 30.2. The van der Waals surface area contributed by atoms with Crippen LogP contribution in [0.2, 0.25) is 0 Å². The smallest absolute Gasteiger partial charge is 0.240 e. The predicted molar refractivity (Wildman–Crippen MR) is 70.0 cm³/mol. The third-order valence-electron chi connectivity index (χ3n) is 3.59. The van der Waals surface area contributed by atoms with E-state index in [4.69, 9.17) is 0 Å². The van der Waals surface area contributed by atoms with Crippen molar-refractivity contribution < 1.29 is 13.2 Å². The second-order valence-corrected chi connectivity index (χ2v) is 8.45. The number of rotatable bonds is 1. The van der Waals surface area contributed by atoms with Gasteiger partial charge in [0, 0.05) is 17.9 Å². The first-order chi connectivity index (χ1) is 8.00. The highest BCUT2D eigenvalue weighted by atomic mass is 79.9. The lowest BCUT2D eigenvalue weighted by Crippen LogP contribution is -2.48. The molecule has 0 aliphatic carbocycles. The van der Waals surface area contributed by atoms with Crippen LogP contribution in [0.5, 0.6) is 0 Å². The van der Waals surface area contributed by atoms with E-state index >= 15 is 0 Å². The van der Waals surface area contributed by atoms with Crippen LogP contribution in [0.15, 0.2) is 0 Å². The summed E-state index contributed by atoms with van der Waals surface area (Å²) < 4.78 is 23.7. The molecule has 2 aliphatic heterocycles. The van der Waals surface area contributed by atoms with Crippen LogP contribution in [-0.2, 0) is 14.6 Å². The van der Waals surface area contributed by atoms with Gasteiger partial charge in [0.25, 0.3) is 0 Å². The van der Waals surface area contributed by atoms with Crippen LogP contribution in [0.25, 0.3) is 0 Å². The second kappa shape index (κ2) is 5.26. The molecular weight excluding hydrogens is 306 g/mol. The zero-order valence-corrected chi connectivity index (χ0v) is 12.2. The van der Waals surface area contributed by atoms with E-state index in [1.807, 2.05) is 0 Å². The minimum absolute atomic E-state index is 0.163. The Morgan fingerprint density at radius 1 is 1.12 bits per heavy atom. The first-order valence-electron chi connectivity index (χ1n) is 6.15. The van der Waals surface area contributed by atoms with Crippen molar-refractivity contribution >= 4 is 31.7 Å². The number of likely N-dealkylation sites (tertiary alicyclic amines) is 1. The summed E-state index contributed by atoms with van der Waals surface area (Å²) in [6.45, 7) is 1.36. The molecule has 1 atom stereocenters. The number of alkyl halides is 1. The highest BCUT2D eigenvalue weighted by molar-refractivity contribution is 9.09. The number of halogens is 1. The van der Waals surface area contributed by atoms with Crippen molar-refractivity contribution in [3.63, 3.8) is 0 Å². The van der Waals surface area contributed by atoms with Crippen molar-refractivity contribution in [2.75, 3.05) is 18.8 Å². The number of sulfone groups is 1. The van der Waals surface area contributed by atoms with Gasteiger partial charge in [-0.15, -0.1) is 0 Å². The topological polar surface area (TPSA) is 54.5 Å². The van der Waals surface area contributed by atoms with Gasteiger partial charge in [-0.05, 0) is 25.7 Å². The summed E-state index contributed by atoms with van der Waals surface area (Å²) in [5.74, 6) is 0.0160. The standard InChI is InChI=1S/C11H18BrNO3S/c12-9-4-6-13(7-5-9)11(14)10-3-1-2-8-17(10,15)16/h9-10H,1-8H2. The number of amides is 1. The van der Waals surface area contributed by atoms with Crippen molar-refractivity contribution in [2.24, 2.45) is 0 Å². The van der Waals surface area contributed by atoms with Crippen LogP contribution >= 0.6 is 15.9 Å². The highest BCUT2D eigenvalue weighted by Crippen LogP contribution is 2.24. The molecule has 2 aliphatic rings. The molecule has 2 fully saturated rings. The van der Waals surface area contributed by atoms with Crippen LogP contribution < -0.4 is 0 Å². The Kier molecular flexibility index (Phi) is 4.13. The van der Waals surface area contributed by atoms with Crippen molar-refractivity contribution in [1.82, 2.24) is 4.90 Å². The van der Waals surface area contributed by atoms with E-state index in [1.54, 1.807) is 4.90 Å². The van der Waals surface area contributed by atoms with Crippen molar-refractivity contribution in [3.05, 3.63) is 0 Å². The van der Waals surface area contributed by atoms with Crippen LogP contribution in [0.3, 0.4) is 0 Å². The molecule has 0 aromatic rings. The third-order valence-corrected chi connectivity index (χ3v) is 6.67. The zero-order valence-electron chi connectivity index (χ0n) is 9.77. The van der Waals surface area contributed by atoms with Gasteiger partial charge in [0.1, 0.15) is 5.25 Å². The van der Waals surface area contributed by atoms with E-state index in [-0.39, 0.29) is 11.7 Å². The zero-order chi connectivity index (χ0) is 12.5. The quantitative estimate of drug-likeness (QED) is 0.684. The molecule has 98 valence electrons. The molecule has 6 heteroatoms. The molecule has 2 rings (SSSR count). The maximum Gasteiger partial charge on any atom is 0.240 e. The SMILES string of the molecule is O=C(C1CCCCS1(=O)=O)N1CCC(Br)CC1. The number of carbonyl (C=O) groups is 1. The maximum atomic E-state index is 12.2. The van der Waals surface area contributed by atoms with Crippen molar-refractivity contribution in [3.8, 4) is 0 Å². The summed E-state index contributed by atoms with van der Waals surface area (Å²) in [6.07, 6.45) is 3.90. The highest BCUT2D eigenvalue weighted by Gasteiger charge is 2.38. The summed E-state index contributed by atoms with van der Waals surface area (Å²) >= 11 is 3.53. The van der Waals surface area contributed by atoms with Crippen molar-refractivity contribution in [2.45, 2.75) is 42.2 Å². The maximum absolute atomic E-state index is 12.2. The molecule has 0 radical (unpaired) electrons. The number of hydrogen-bond acceptors (Lipinski definition) is 3. The van der Waals surface area contributed by atoms with Gasteiger partial charge in [-0.1, -0.05) is 22.4 Å². The Morgan fingerprint density at radius 3 is 2.35 bits per heavy atom. The lowest BCUT2D eigenvalue weighted by Gasteiger charge is -2.33. The fourth-order valence-corrected chi connectivity index (χ4v) is 4.79. The van der Waals surface area contributed by atoms with E-state index in [0.29, 0.717) is 30.8 Å². The molecule has 0 aromatic carbocycles. The molecule has 17 heavy (non-hydrogen) atoms. The minimum Gasteiger partial charge on any atom is -0.341 e. The van der Waals surface area contributed by atoms with Gasteiger partial charge in [-0.25, -0.2) is 8.42 Å². The summed E-state index contributed by atoms with van der Waals surface area (Å²) in [4.78, 5) is 14.4. The molecule has 0 bridgehead atoms. The Bertz CT molecular complexity index is 388. The Balaban J connectivity index is 2.04. The largest absolute Gasteiger partial charge is 0.341 e. The number of carbonyl (C=O) groups excluding carboxylic acids is 1. The molecule has 4 nitrogen and oxygen atoms in total. The molecule has 0 spiro atoms. The van der Waals surface area contributed by atoms with Crippen LogP contribution in [0.1, 0.15) is 32.1 Å². The second-order valence-electron chi connectivity index (χ2n) is 4.85. The van der Waals surface area contributed by atoms with Gasteiger partial charge in [0.2, 0.25) is 5.91 Å². The van der Waals surface area contributed by atoms with E-state index in [2.05, 4.69) is 15.9 Å². The third kappa shape index (κ3) is 3.02. The lowest BCUT2D eigenvalue weighted by atomic mass is 10.1. The Morgan fingerprint density at radius 2 is 1.76 bits per heavy atom. The molecule has 2 saturated heterocycles. The lowest BCUT2D eigenvalue weighted by molar-refractivity contribution is -0.131. The van der Waals surface area contributed by atoms with Gasteiger partial charge in [-0.2, -0.15) is 0 Å². The fourth-order valence-electron chi connectivity index (χ4n) is 2.50. The molecule has 1 unspecified atom stereocenters. The Labute approximate surface area is 111 Å². The Hall–Kier alpha value is -0.100. The van der Waals surface area contributed by atoms with E-state index in [0.717, 1.165) is 19.3 Å². The van der Waals surface area contributed by atoms with Gasteiger partial charge in [-0.3, -0.25) is 4.79 Å². The van der Waals surface area contributed by atoms with Gasteiger partial charge in [0.05, 0.1) is 5.75 Å². The molecular formula is C11H18BrNO3S. The summed E-state index contributed by atoms with van der Waals surface area (Å²) in [5, 5.41) is -0.761. The molecule has 0 N–H and O–H groups in total. The van der Waals surface area contributed by atoms with E-state index < -0.39 is 15.1 Å².